The molecule has 1 fully saturated rings. The fourth-order valence-corrected chi connectivity index (χ4v) is 3.66. The molecule has 2 aromatic heterocycles. The Kier molecular flexibility index (Phi) is 4.51. The van der Waals surface area contributed by atoms with Crippen LogP contribution in [0.4, 0.5) is 0 Å². The van der Waals surface area contributed by atoms with E-state index in [-0.39, 0.29) is 11.9 Å². The highest BCUT2D eigenvalue weighted by molar-refractivity contribution is 6.00. The van der Waals surface area contributed by atoms with Crippen LogP contribution in [0.5, 0.6) is 0 Å². The minimum absolute atomic E-state index is 0.148. The van der Waals surface area contributed by atoms with Crippen LogP contribution in [0.25, 0.3) is 11.4 Å². The van der Waals surface area contributed by atoms with Crippen molar-refractivity contribution in [1.82, 2.24) is 30.0 Å². The van der Waals surface area contributed by atoms with Crippen molar-refractivity contribution in [1.29, 1.82) is 0 Å². The maximum absolute atomic E-state index is 12.9. The van der Waals surface area contributed by atoms with Gasteiger partial charge < -0.3 is 14.9 Å². The standard InChI is InChI=1S/C19H22N6O/c1-13(18-24-22-12-25(18)14-6-2-3-7-14)23-19(26)16-9-5-4-8-15(16)17-20-10-11-21-17/h4-5,8-14H,2-3,6-7H2,1H3,(H,20,21)(H,23,26). The molecule has 2 N–H and O–H groups in total. The van der Waals surface area contributed by atoms with Crippen LogP contribution in [-0.2, 0) is 0 Å². The number of aromatic amines is 1. The zero-order valence-electron chi connectivity index (χ0n) is 14.7. The van der Waals surface area contributed by atoms with Gasteiger partial charge in [0.1, 0.15) is 12.2 Å². The Morgan fingerprint density at radius 3 is 2.88 bits per heavy atom. The quantitative estimate of drug-likeness (QED) is 0.739. The van der Waals surface area contributed by atoms with Crippen LogP contribution in [0.3, 0.4) is 0 Å². The monoisotopic (exact) mass is 350 g/mol. The Bertz CT molecular complexity index is 879. The predicted octanol–water partition coefficient (Wildman–Crippen LogP) is 3.27. The number of carbonyl (C=O) groups is 1. The number of benzene rings is 1. The molecular weight excluding hydrogens is 328 g/mol. The third-order valence-corrected chi connectivity index (χ3v) is 4.98. The number of nitrogens with one attached hydrogen (secondary N) is 2. The topological polar surface area (TPSA) is 88.5 Å². The summed E-state index contributed by atoms with van der Waals surface area (Å²) in [4.78, 5) is 20.2. The van der Waals surface area contributed by atoms with Gasteiger partial charge in [0.15, 0.2) is 5.82 Å². The first-order chi connectivity index (χ1) is 12.7. The molecule has 1 aliphatic carbocycles. The summed E-state index contributed by atoms with van der Waals surface area (Å²) in [6, 6.07) is 7.66. The molecule has 1 aliphatic rings. The van der Waals surface area contributed by atoms with Crippen molar-refractivity contribution in [3.63, 3.8) is 0 Å². The summed E-state index contributed by atoms with van der Waals surface area (Å²) in [6.07, 6.45) is 9.97. The first-order valence-electron chi connectivity index (χ1n) is 9.03. The number of aromatic nitrogens is 5. The molecule has 0 radical (unpaired) electrons. The van der Waals surface area contributed by atoms with Gasteiger partial charge in [0.2, 0.25) is 0 Å². The van der Waals surface area contributed by atoms with Crippen molar-refractivity contribution < 1.29 is 4.79 Å². The lowest BCUT2D eigenvalue weighted by Crippen LogP contribution is -2.29. The second kappa shape index (κ2) is 7.11. The van der Waals surface area contributed by atoms with Crippen LogP contribution >= 0.6 is 0 Å². The molecule has 4 rings (SSSR count). The average Bonchev–Trinajstić information content (AvgIpc) is 3.43. The van der Waals surface area contributed by atoms with E-state index in [4.69, 9.17) is 0 Å². The summed E-state index contributed by atoms with van der Waals surface area (Å²) in [6.45, 7) is 1.95. The molecule has 0 aliphatic heterocycles. The van der Waals surface area contributed by atoms with E-state index in [1.165, 1.54) is 12.8 Å². The van der Waals surface area contributed by atoms with E-state index < -0.39 is 0 Å². The molecule has 134 valence electrons. The molecule has 1 saturated carbocycles. The molecular formula is C19H22N6O. The van der Waals surface area contributed by atoms with E-state index >= 15 is 0 Å². The number of nitrogens with zero attached hydrogens (tertiary/aromatic N) is 4. The van der Waals surface area contributed by atoms with Gasteiger partial charge in [-0.05, 0) is 25.8 Å². The van der Waals surface area contributed by atoms with Gasteiger partial charge >= 0.3 is 0 Å². The molecule has 1 unspecified atom stereocenters. The molecule has 3 aromatic rings. The fourth-order valence-electron chi connectivity index (χ4n) is 3.66. The number of imidazole rings is 1. The third kappa shape index (κ3) is 3.12. The number of amides is 1. The van der Waals surface area contributed by atoms with Crippen molar-refractivity contribution in [2.45, 2.75) is 44.7 Å². The molecule has 0 bridgehead atoms. The molecule has 1 aromatic carbocycles. The SMILES string of the molecule is CC(NC(=O)c1ccccc1-c1ncc[nH]1)c1nncn1C1CCCC1. The number of carbonyl (C=O) groups excluding carboxylic acids is 1. The Morgan fingerprint density at radius 2 is 2.12 bits per heavy atom. The van der Waals surface area contributed by atoms with Crippen LogP contribution in [0.1, 0.15) is 60.9 Å². The summed E-state index contributed by atoms with van der Waals surface area (Å²) in [5, 5.41) is 11.4. The molecule has 26 heavy (non-hydrogen) atoms. The van der Waals surface area contributed by atoms with Crippen LogP contribution in [0.15, 0.2) is 43.0 Å². The lowest BCUT2D eigenvalue weighted by Gasteiger charge is -2.19. The van der Waals surface area contributed by atoms with Gasteiger partial charge in [0, 0.05) is 24.0 Å². The van der Waals surface area contributed by atoms with Crippen molar-refractivity contribution in [3.8, 4) is 11.4 Å². The highest BCUT2D eigenvalue weighted by atomic mass is 16.1. The van der Waals surface area contributed by atoms with Crippen LogP contribution in [0.2, 0.25) is 0 Å². The minimum Gasteiger partial charge on any atom is -0.345 e. The second-order valence-electron chi connectivity index (χ2n) is 6.71. The van der Waals surface area contributed by atoms with Crippen molar-refractivity contribution in [3.05, 3.63) is 54.4 Å². The zero-order chi connectivity index (χ0) is 17.9. The van der Waals surface area contributed by atoms with Gasteiger partial charge in [-0.3, -0.25) is 4.79 Å². The molecule has 1 atom stereocenters. The second-order valence-corrected chi connectivity index (χ2v) is 6.71. The van der Waals surface area contributed by atoms with Crippen molar-refractivity contribution in [2.24, 2.45) is 0 Å². The van der Waals surface area contributed by atoms with E-state index in [0.717, 1.165) is 24.2 Å². The van der Waals surface area contributed by atoms with E-state index in [9.17, 15) is 4.79 Å². The maximum Gasteiger partial charge on any atom is 0.252 e. The smallest absolute Gasteiger partial charge is 0.252 e. The minimum atomic E-state index is -0.227. The number of hydrogen-bond acceptors (Lipinski definition) is 4. The van der Waals surface area contributed by atoms with Crippen molar-refractivity contribution in [2.75, 3.05) is 0 Å². The van der Waals surface area contributed by atoms with E-state index in [1.54, 1.807) is 18.7 Å². The van der Waals surface area contributed by atoms with Gasteiger partial charge in [-0.25, -0.2) is 4.98 Å². The van der Waals surface area contributed by atoms with E-state index in [2.05, 4.69) is 30.0 Å². The lowest BCUT2D eigenvalue weighted by molar-refractivity contribution is 0.0937. The van der Waals surface area contributed by atoms with Gasteiger partial charge in [-0.1, -0.05) is 31.0 Å². The number of H-pyrrole nitrogens is 1. The number of hydrogen-bond donors (Lipinski definition) is 2. The largest absolute Gasteiger partial charge is 0.345 e. The summed E-state index contributed by atoms with van der Waals surface area (Å²) in [5.41, 5.74) is 1.36. The molecule has 0 spiro atoms. The maximum atomic E-state index is 12.9. The predicted molar refractivity (Wildman–Crippen MR) is 97.4 cm³/mol. The van der Waals surface area contributed by atoms with Crippen LogP contribution < -0.4 is 5.32 Å². The summed E-state index contributed by atoms with van der Waals surface area (Å²) in [7, 11) is 0. The van der Waals surface area contributed by atoms with Gasteiger partial charge in [-0.2, -0.15) is 0 Å². The molecule has 0 saturated heterocycles. The third-order valence-electron chi connectivity index (χ3n) is 4.98. The average molecular weight is 350 g/mol. The molecule has 1 amide bonds. The van der Waals surface area contributed by atoms with E-state index in [0.29, 0.717) is 17.4 Å². The molecule has 2 heterocycles. The Hall–Kier alpha value is -2.96. The Morgan fingerprint density at radius 1 is 1.31 bits per heavy atom. The number of rotatable bonds is 5. The summed E-state index contributed by atoms with van der Waals surface area (Å²) >= 11 is 0. The Labute approximate surface area is 151 Å². The van der Waals surface area contributed by atoms with E-state index in [1.807, 2.05) is 31.2 Å². The van der Waals surface area contributed by atoms with Gasteiger partial charge in [-0.15, -0.1) is 10.2 Å². The van der Waals surface area contributed by atoms with Gasteiger partial charge in [0.05, 0.1) is 11.6 Å². The highest BCUT2D eigenvalue weighted by Gasteiger charge is 2.24. The first-order valence-corrected chi connectivity index (χ1v) is 9.03. The van der Waals surface area contributed by atoms with Crippen molar-refractivity contribution >= 4 is 5.91 Å². The summed E-state index contributed by atoms with van der Waals surface area (Å²) < 4.78 is 2.12. The normalized spacial score (nSPS) is 15.9. The molecule has 7 heteroatoms. The molecule has 7 nitrogen and oxygen atoms in total. The highest BCUT2D eigenvalue weighted by Crippen LogP contribution is 2.31. The zero-order valence-corrected chi connectivity index (χ0v) is 14.7. The van der Waals surface area contributed by atoms with Crippen LogP contribution in [-0.4, -0.2) is 30.6 Å². The fraction of sp³-hybridized carbons (Fsp3) is 0.368. The summed E-state index contributed by atoms with van der Waals surface area (Å²) in [5.74, 6) is 1.34. The van der Waals surface area contributed by atoms with Crippen LogP contribution in [0, 0.1) is 0 Å². The Balaban J connectivity index is 1.55. The lowest BCUT2D eigenvalue weighted by atomic mass is 10.1. The van der Waals surface area contributed by atoms with Gasteiger partial charge in [0.25, 0.3) is 5.91 Å². The first kappa shape index (κ1) is 16.5.